The maximum Gasteiger partial charge on any atom is 0.0401 e. The minimum atomic E-state index is 0.704. The Bertz CT molecular complexity index is 532. The fourth-order valence-corrected chi connectivity index (χ4v) is 2.41. The van der Waals surface area contributed by atoms with E-state index in [1.807, 2.05) is 24.5 Å². The molecule has 0 aliphatic rings. The van der Waals surface area contributed by atoms with Crippen LogP contribution in [0, 0.1) is 5.92 Å². The van der Waals surface area contributed by atoms with Gasteiger partial charge in [0.2, 0.25) is 0 Å². The Kier molecular flexibility index (Phi) is 5.16. The summed E-state index contributed by atoms with van der Waals surface area (Å²) in [6.07, 6.45) is 5.88. The minimum absolute atomic E-state index is 0.704. The van der Waals surface area contributed by atoms with Crippen molar-refractivity contribution in [1.29, 1.82) is 0 Å². The number of aromatic nitrogens is 1. The molecule has 0 aliphatic heterocycles. The van der Waals surface area contributed by atoms with Crippen LogP contribution in [-0.4, -0.2) is 4.98 Å². The first-order chi connectivity index (χ1) is 9.69. The van der Waals surface area contributed by atoms with Crippen molar-refractivity contribution in [3.63, 3.8) is 0 Å². The van der Waals surface area contributed by atoms with Gasteiger partial charge in [0.25, 0.3) is 0 Å². The second kappa shape index (κ2) is 7.09. The van der Waals surface area contributed by atoms with Crippen LogP contribution in [0.2, 0.25) is 0 Å². The van der Waals surface area contributed by atoms with Crippen LogP contribution in [0.1, 0.15) is 37.5 Å². The van der Waals surface area contributed by atoms with Crippen LogP contribution in [0.3, 0.4) is 0 Å². The van der Waals surface area contributed by atoms with Gasteiger partial charge in [-0.25, -0.2) is 0 Å². The molecule has 0 fully saturated rings. The fraction of sp³-hybridized carbons (Fsp3) is 0.389. The molecule has 0 spiro atoms. The first kappa shape index (κ1) is 14.6. The van der Waals surface area contributed by atoms with Gasteiger partial charge in [-0.3, -0.25) is 4.98 Å². The van der Waals surface area contributed by atoms with Crippen LogP contribution >= 0.6 is 0 Å². The van der Waals surface area contributed by atoms with Gasteiger partial charge in [-0.05, 0) is 53.6 Å². The summed E-state index contributed by atoms with van der Waals surface area (Å²) in [6.45, 7) is 7.59. The van der Waals surface area contributed by atoms with E-state index < -0.39 is 0 Å². The van der Waals surface area contributed by atoms with Crippen molar-refractivity contribution in [2.24, 2.45) is 5.92 Å². The zero-order valence-corrected chi connectivity index (χ0v) is 12.7. The topological polar surface area (TPSA) is 24.9 Å². The standard InChI is InChI=1S/C18H24N2/c1-4-17-12-16(11-14(2)3)5-6-18(17)20-13-15-7-9-19-10-8-15/h5-10,12,14,20H,4,11,13H2,1-3H3. The lowest BCUT2D eigenvalue weighted by atomic mass is 9.99. The average Bonchev–Trinajstić information content (AvgIpc) is 2.46. The normalized spacial score (nSPS) is 10.8. The van der Waals surface area contributed by atoms with Crippen molar-refractivity contribution in [2.75, 3.05) is 5.32 Å². The molecular formula is C18H24N2. The number of hydrogen-bond acceptors (Lipinski definition) is 2. The van der Waals surface area contributed by atoms with Gasteiger partial charge in [0, 0.05) is 24.6 Å². The van der Waals surface area contributed by atoms with Crippen LogP contribution in [-0.2, 0) is 19.4 Å². The quantitative estimate of drug-likeness (QED) is 0.837. The van der Waals surface area contributed by atoms with Crippen molar-refractivity contribution < 1.29 is 0 Å². The summed E-state index contributed by atoms with van der Waals surface area (Å²) >= 11 is 0. The zero-order valence-electron chi connectivity index (χ0n) is 12.7. The molecule has 1 heterocycles. The highest BCUT2D eigenvalue weighted by atomic mass is 14.9. The van der Waals surface area contributed by atoms with E-state index in [-0.39, 0.29) is 0 Å². The monoisotopic (exact) mass is 268 g/mol. The smallest absolute Gasteiger partial charge is 0.0401 e. The number of rotatable bonds is 6. The summed E-state index contributed by atoms with van der Waals surface area (Å²) in [5.41, 5.74) is 5.34. The molecule has 106 valence electrons. The lowest BCUT2D eigenvalue weighted by Crippen LogP contribution is -2.03. The molecule has 0 bridgehead atoms. The molecule has 1 aromatic carbocycles. The average molecular weight is 268 g/mol. The highest BCUT2D eigenvalue weighted by Crippen LogP contribution is 2.21. The van der Waals surface area contributed by atoms with Crippen molar-refractivity contribution in [1.82, 2.24) is 4.98 Å². The first-order valence-corrected chi connectivity index (χ1v) is 7.43. The van der Waals surface area contributed by atoms with E-state index in [1.165, 1.54) is 22.4 Å². The van der Waals surface area contributed by atoms with Crippen LogP contribution in [0.4, 0.5) is 5.69 Å². The molecule has 0 aliphatic carbocycles. The molecule has 0 saturated carbocycles. The van der Waals surface area contributed by atoms with E-state index in [2.05, 4.69) is 49.3 Å². The minimum Gasteiger partial charge on any atom is -0.381 e. The van der Waals surface area contributed by atoms with E-state index in [1.54, 1.807) is 0 Å². The third-order valence-corrected chi connectivity index (χ3v) is 3.43. The van der Waals surface area contributed by atoms with Crippen LogP contribution in [0.15, 0.2) is 42.7 Å². The van der Waals surface area contributed by atoms with Gasteiger partial charge in [0.05, 0.1) is 0 Å². The van der Waals surface area contributed by atoms with Crippen molar-refractivity contribution >= 4 is 5.69 Å². The Morgan fingerprint density at radius 1 is 1.05 bits per heavy atom. The Morgan fingerprint density at radius 2 is 1.80 bits per heavy atom. The molecule has 0 amide bonds. The second-order valence-corrected chi connectivity index (χ2v) is 5.65. The Morgan fingerprint density at radius 3 is 2.45 bits per heavy atom. The maximum absolute atomic E-state index is 4.05. The van der Waals surface area contributed by atoms with Gasteiger partial charge >= 0.3 is 0 Å². The van der Waals surface area contributed by atoms with Crippen molar-refractivity contribution in [2.45, 2.75) is 40.2 Å². The number of nitrogens with one attached hydrogen (secondary N) is 1. The van der Waals surface area contributed by atoms with E-state index >= 15 is 0 Å². The molecule has 2 nitrogen and oxygen atoms in total. The molecule has 0 saturated heterocycles. The van der Waals surface area contributed by atoms with Gasteiger partial charge < -0.3 is 5.32 Å². The number of aryl methyl sites for hydroxylation is 1. The third-order valence-electron chi connectivity index (χ3n) is 3.43. The van der Waals surface area contributed by atoms with Gasteiger partial charge in [-0.15, -0.1) is 0 Å². The number of hydrogen-bond donors (Lipinski definition) is 1. The molecule has 2 rings (SSSR count). The summed E-state index contributed by atoms with van der Waals surface area (Å²) in [5, 5.41) is 3.53. The Balaban J connectivity index is 2.07. The summed E-state index contributed by atoms with van der Waals surface area (Å²) in [5.74, 6) is 0.704. The van der Waals surface area contributed by atoms with Crippen LogP contribution in [0.5, 0.6) is 0 Å². The molecular weight excluding hydrogens is 244 g/mol. The molecule has 2 heteroatoms. The highest BCUT2D eigenvalue weighted by Gasteiger charge is 2.04. The molecule has 1 N–H and O–H groups in total. The molecule has 1 aromatic heterocycles. The van der Waals surface area contributed by atoms with Gasteiger partial charge in [0.1, 0.15) is 0 Å². The number of nitrogens with zero attached hydrogens (tertiary/aromatic N) is 1. The van der Waals surface area contributed by atoms with E-state index in [9.17, 15) is 0 Å². The predicted molar refractivity (Wildman–Crippen MR) is 85.9 cm³/mol. The molecule has 0 unspecified atom stereocenters. The van der Waals surface area contributed by atoms with Gasteiger partial charge in [-0.1, -0.05) is 32.9 Å². The van der Waals surface area contributed by atoms with Crippen molar-refractivity contribution in [3.05, 3.63) is 59.4 Å². The highest BCUT2D eigenvalue weighted by molar-refractivity contribution is 5.53. The van der Waals surface area contributed by atoms with Crippen molar-refractivity contribution in [3.8, 4) is 0 Å². The SMILES string of the molecule is CCc1cc(CC(C)C)ccc1NCc1ccncc1. The lowest BCUT2D eigenvalue weighted by Gasteiger charge is -2.14. The van der Waals surface area contributed by atoms with Crippen LogP contribution < -0.4 is 5.32 Å². The summed E-state index contributed by atoms with van der Waals surface area (Å²) in [6, 6.07) is 10.9. The fourth-order valence-electron chi connectivity index (χ4n) is 2.41. The Hall–Kier alpha value is -1.83. The summed E-state index contributed by atoms with van der Waals surface area (Å²) < 4.78 is 0. The van der Waals surface area contributed by atoms with E-state index in [0.29, 0.717) is 5.92 Å². The molecule has 2 aromatic rings. The second-order valence-electron chi connectivity index (χ2n) is 5.65. The van der Waals surface area contributed by atoms with Crippen LogP contribution in [0.25, 0.3) is 0 Å². The number of benzene rings is 1. The molecule has 0 radical (unpaired) electrons. The number of anilines is 1. The summed E-state index contributed by atoms with van der Waals surface area (Å²) in [4.78, 5) is 4.05. The van der Waals surface area contributed by atoms with E-state index in [4.69, 9.17) is 0 Å². The lowest BCUT2D eigenvalue weighted by molar-refractivity contribution is 0.647. The first-order valence-electron chi connectivity index (χ1n) is 7.43. The summed E-state index contributed by atoms with van der Waals surface area (Å²) in [7, 11) is 0. The molecule has 0 atom stereocenters. The zero-order chi connectivity index (χ0) is 14.4. The molecule has 20 heavy (non-hydrogen) atoms. The third kappa shape index (κ3) is 4.09. The maximum atomic E-state index is 4.05. The Labute approximate surface area is 122 Å². The van der Waals surface area contributed by atoms with Gasteiger partial charge in [-0.2, -0.15) is 0 Å². The predicted octanol–water partition coefficient (Wildman–Crippen LogP) is 4.45. The largest absolute Gasteiger partial charge is 0.381 e. The van der Waals surface area contributed by atoms with E-state index in [0.717, 1.165) is 19.4 Å². The van der Waals surface area contributed by atoms with Gasteiger partial charge in [0.15, 0.2) is 0 Å². The number of pyridine rings is 1.